The summed E-state index contributed by atoms with van der Waals surface area (Å²) in [6, 6.07) is 10.7. The molecule has 1 saturated heterocycles. The summed E-state index contributed by atoms with van der Waals surface area (Å²) in [5.41, 5.74) is 1.33. The minimum Gasteiger partial charge on any atom is -0.371 e. The second kappa shape index (κ2) is 8.48. The highest BCUT2D eigenvalue weighted by Gasteiger charge is 2.23. The quantitative estimate of drug-likeness (QED) is 0.620. The highest BCUT2D eigenvalue weighted by atomic mass is 32.2. The van der Waals surface area contributed by atoms with Gasteiger partial charge in [0.1, 0.15) is 0 Å². The van der Waals surface area contributed by atoms with Crippen molar-refractivity contribution in [3.63, 3.8) is 0 Å². The van der Waals surface area contributed by atoms with Crippen LogP contribution in [0.2, 0.25) is 0 Å². The first-order valence-corrected chi connectivity index (χ1v) is 9.56. The first-order valence-electron chi connectivity index (χ1n) is 8.34. The van der Waals surface area contributed by atoms with E-state index in [0.717, 1.165) is 32.1 Å². The number of guanidine groups is 1. The van der Waals surface area contributed by atoms with Gasteiger partial charge in [-0.25, -0.2) is 0 Å². The Kier molecular flexibility index (Phi) is 6.63. The molecule has 0 aromatic heterocycles. The summed E-state index contributed by atoms with van der Waals surface area (Å²) >= 11 is 1.87. The molecule has 0 amide bonds. The van der Waals surface area contributed by atoms with Gasteiger partial charge in [-0.1, -0.05) is 18.2 Å². The molecule has 23 heavy (non-hydrogen) atoms. The molecule has 0 saturated carbocycles. The number of nitrogens with zero attached hydrogens (tertiary/aromatic N) is 2. The molecule has 128 valence electrons. The van der Waals surface area contributed by atoms with Crippen LogP contribution in [0.4, 0.5) is 5.69 Å². The number of anilines is 1. The van der Waals surface area contributed by atoms with Gasteiger partial charge in [-0.15, -0.1) is 0 Å². The van der Waals surface area contributed by atoms with E-state index in [1.807, 2.05) is 18.8 Å². The Hall–Kier alpha value is -1.36. The maximum atomic E-state index is 4.34. The highest BCUT2D eigenvalue weighted by Crippen LogP contribution is 2.23. The van der Waals surface area contributed by atoms with Gasteiger partial charge in [0.05, 0.1) is 0 Å². The molecule has 1 unspecified atom stereocenters. The lowest BCUT2D eigenvalue weighted by molar-refractivity contribution is 0.562. The number of hydrogen-bond acceptors (Lipinski definition) is 3. The second-order valence-corrected chi connectivity index (χ2v) is 8.22. The Labute approximate surface area is 145 Å². The fraction of sp³-hybridized carbons (Fsp3) is 0.611. The van der Waals surface area contributed by atoms with Gasteiger partial charge in [0.15, 0.2) is 5.96 Å². The number of hydrogen-bond donors (Lipinski definition) is 2. The molecule has 0 aliphatic carbocycles. The summed E-state index contributed by atoms with van der Waals surface area (Å²) in [7, 11) is 1.84. The van der Waals surface area contributed by atoms with Crippen molar-refractivity contribution >= 4 is 23.4 Å². The summed E-state index contributed by atoms with van der Waals surface area (Å²) in [4.78, 5) is 6.81. The van der Waals surface area contributed by atoms with E-state index >= 15 is 0 Å². The van der Waals surface area contributed by atoms with Crippen molar-refractivity contribution in [1.82, 2.24) is 10.6 Å². The molecule has 1 aliphatic heterocycles. The van der Waals surface area contributed by atoms with Crippen LogP contribution in [0.15, 0.2) is 35.3 Å². The molecule has 2 rings (SSSR count). The van der Waals surface area contributed by atoms with Crippen molar-refractivity contribution in [2.45, 2.75) is 25.0 Å². The fourth-order valence-corrected chi connectivity index (χ4v) is 2.92. The number of aliphatic imine (C=N–C) groups is 1. The molecule has 1 heterocycles. The number of nitrogens with one attached hydrogen (secondary N) is 2. The monoisotopic (exact) mass is 334 g/mol. The van der Waals surface area contributed by atoms with Gasteiger partial charge in [0.25, 0.3) is 0 Å². The maximum absolute atomic E-state index is 4.34. The minimum atomic E-state index is 0.217. The lowest BCUT2D eigenvalue weighted by Gasteiger charge is -2.24. The van der Waals surface area contributed by atoms with E-state index in [1.54, 1.807) is 0 Å². The third-order valence-electron chi connectivity index (χ3n) is 4.42. The molecule has 0 spiro atoms. The zero-order valence-electron chi connectivity index (χ0n) is 14.8. The molecule has 2 N–H and O–H groups in total. The molecule has 1 aromatic carbocycles. The van der Waals surface area contributed by atoms with Crippen LogP contribution in [-0.4, -0.2) is 50.2 Å². The van der Waals surface area contributed by atoms with E-state index in [2.05, 4.69) is 71.0 Å². The Morgan fingerprint density at radius 3 is 2.70 bits per heavy atom. The second-order valence-electron chi connectivity index (χ2n) is 6.71. The molecule has 5 heteroatoms. The van der Waals surface area contributed by atoms with E-state index in [-0.39, 0.29) is 4.75 Å². The van der Waals surface area contributed by atoms with Crippen molar-refractivity contribution in [3.8, 4) is 0 Å². The summed E-state index contributed by atoms with van der Waals surface area (Å²) < 4.78 is 0.217. The Morgan fingerprint density at radius 1 is 1.30 bits per heavy atom. The van der Waals surface area contributed by atoms with Crippen LogP contribution in [-0.2, 0) is 0 Å². The average molecular weight is 335 g/mol. The topological polar surface area (TPSA) is 39.7 Å². The van der Waals surface area contributed by atoms with Crippen LogP contribution >= 0.6 is 11.8 Å². The number of rotatable bonds is 6. The van der Waals surface area contributed by atoms with Gasteiger partial charge in [0, 0.05) is 43.7 Å². The lowest BCUT2D eigenvalue weighted by atomic mass is 10.1. The molecule has 0 bridgehead atoms. The van der Waals surface area contributed by atoms with Gasteiger partial charge < -0.3 is 15.5 Å². The highest BCUT2D eigenvalue weighted by molar-refractivity contribution is 7.99. The predicted molar refractivity (Wildman–Crippen MR) is 104 cm³/mol. The fourth-order valence-electron chi connectivity index (χ4n) is 2.70. The number of benzene rings is 1. The summed E-state index contributed by atoms with van der Waals surface area (Å²) in [6.07, 6.45) is 3.38. The summed E-state index contributed by atoms with van der Waals surface area (Å²) in [5.74, 6) is 1.58. The van der Waals surface area contributed by atoms with E-state index in [1.165, 1.54) is 12.1 Å². The maximum Gasteiger partial charge on any atom is 0.191 e. The van der Waals surface area contributed by atoms with Crippen molar-refractivity contribution in [1.29, 1.82) is 0 Å². The third-order valence-corrected chi connectivity index (χ3v) is 5.67. The molecule has 4 nitrogen and oxygen atoms in total. The van der Waals surface area contributed by atoms with Crippen LogP contribution < -0.4 is 15.5 Å². The summed E-state index contributed by atoms with van der Waals surface area (Å²) in [5, 5.41) is 6.91. The Morgan fingerprint density at radius 2 is 2.04 bits per heavy atom. The molecular formula is C18H30N4S. The van der Waals surface area contributed by atoms with E-state index < -0.39 is 0 Å². The predicted octanol–water partition coefficient (Wildman–Crippen LogP) is 2.82. The largest absolute Gasteiger partial charge is 0.371 e. The van der Waals surface area contributed by atoms with Gasteiger partial charge in [0.2, 0.25) is 0 Å². The lowest BCUT2D eigenvalue weighted by Crippen LogP contribution is -2.44. The van der Waals surface area contributed by atoms with Gasteiger partial charge >= 0.3 is 0 Å². The number of thioether (sulfide) groups is 1. The van der Waals surface area contributed by atoms with Crippen molar-refractivity contribution < 1.29 is 0 Å². The zero-order chi connectivity index (χ0) is 16.7. The molecular weight excluding hydrogens is 304 g/mol. The molecule has 1 aliphatic rings. The summed E-state index contributed by atoms with van der Waals surface area (Å²) in [6.45, 7) is 8.63. The molecule has 1 aromatic rings. The van der Waals surface area contributed by atoms with Gasteiger partial charge in [-0.2, -0.15) is 11.8 Å². The number of para-hydroxylation sites is 1. The smallest absolute Gasteiger partial charge is 0.191 e. The first kappa shape index (κ1) is 18.0. The molecule has 1 atom stereocenters. The van der Waals surface area contributed by atoms with Crippen LogP contribution in [0.1, 0.15) is 20.3 Å². The molecule has 0 radical (unpaired) electrons. The molecule has 1 fully saturated rings. The van der Waals surface area contributed by atoms with Crippen molar-refractivity contribution in [3.05, 3.63) is 30.3 Å². The Balaban J connectivity index is 1.75. The van der Waals surface area contributed by atoms with Crippen LogP contribution in [0.5, 0.6) is 0 Å². The van der Waals surface area contributed by atoms with Crippen molar-refractivity contribution in [2.24, 2.45) is 10.9 Å². The zero-order valence-corrected chi connectivity index (χ0v) is 15.6. The first-order chi connectivity index (χ1) is 11.0. The SMILES string of the molecule is CN=C(NCC1CCN(c2ccccc2)C1)NCC(C)(C)SC. The normalized spacial score (nSPS) is 19.0. The van der Waals surface area contributed by atoms with Crippen LogP contribution in [0, 0.1) is 5.92 Å². The average Bonchev–Trinajstić information content (AvgIpc) is 3.05. The van der Waals surface area contributed by atoms with Gasteiger partial charge in [-0.3, -0.25) is 4.99 Å². The van der Waals surface area contributed by atoms with Crippen LogP contribution in [0.3, 0.4) is 0 Å². The van der Waals surface area contributed by atoms with E-state index in [0.29, 0.717) is 5.92 Å². The standard InChI is InChI=1S/C18H30N4S/c1-18(2,23-4)14-21-17(19-3)20-12-15-10-11-22(13-15)16-8-6-5-7-9-16/h5-9,15H,10-14H2,1-4H3,(H2,19,20,21). The third kappa shape index (κ3) is 5.65. The van der Waals surface area contributed by atoms with Crippen LogP contribution in [0.25, 0.3) is 0 Å². The van der Waals surface area contributed by atoms with E-state index in [9.17, 15) is 0 Å². The van der Waals surface area contributed by atoms with Gasteiger partial charge in [-0.05, 0) is 44.6 Å². The Bertz CT molecular complexity index is 501. The minimum absolute atomic E-state index is 0.217. The van der Waals surface area contributed by atoms with Crippen molar-refractivity contribution in [2.75, 3.05) is 44.4 Å². The van der Waals surface area contributed by atoms with E-state index in [4.69, 9.17) is 0 Å².